The Hall–Kier alpha value is -0.300. The number of ether oxygens (including phenoxy) is 1. The van der Waals surface area contributed by atoms with E-state index in [0.29, 0.717) is 11.3 Å². The van der Waals surface area contributed by atoms with E-state index in [1.54, 1.807) is 0 Å². The summed E-state index contributed by atoms with van der Waals surface area (Å²) in [4.78, 5) is 0. The highest BCUT2D eigenvalue weighted by Gasteiger charge is 2.42. The van der Waals surface area contributed by atoms with E-state index in [1.807, 2.05) is 0 Å². The summed E-state index contributed by atoms with van der Waals surface area (Å²) in [6, 6.07) is 0. The second-order valence-electron chi connectivity index (χ2n) is 6.33. The minimum absolute atomic E-state index is 0.216. The van der Waals surface area contributed by atoms with Crippen molar-refractivity contribution >= 4 is 0 Å². The van der Waals surface area contributed by atoms with Gasteiger partial charge in [-0.3, -0.25) is 0 Å². The van der Waals surface area contributed by atoms with Crippen molar-refractivity contribution in [2.45, 2.75) is 58.5 Å². The first kappa shape index (κ1) is 11.2. The molecule has 1 aliphatic carbocycles. The lowest BCUT2D eigenvalue weighted by Gasteiger charge is -2.40. The maximum Gasteiger partial charge on any atom is 0.0888 e. The summed E-state index contributed by atoms with van der Waals surface area (Å²) in [7, 11) is 0. The third kappa shape index (κ3) is 2.44. The van der Waals surface area contributed by atoms with Crippen LogP contribution in [0, 0.1) is 11.3 Å². The summed E-state index contributed by atoms with van der Waals surface area (Å²) in [5, 5.41) is 0. The topological polar surface area (TPSA) is 12.5 Å². The standard InChI is InChI=1S/C14H24O/c1-11-6-5-8-13(2,3)12(11)7-9-14(4)10-15-14/h12H,1,5-10H2,2-4H3. The first-order valence-corrected chi connectivity index (χ1v) is 6.25. The van der Waals surface area contributed by atoms with Gasteiger partial charge in [-0.25, -0.2) is 0 Å². The molecular formula is C14H24O. The van der Waals surface area contributed by atoms with E-state index >= 15 is 0 Å². The smallest absolute Gasteiger partial charge is 0.0888 e. The Labute approximate surface area is 93.9 Å². The van der Waals surface area contributed by atoms with Gasteiger partial charge in [-0.2, -0.15) is 0 Å². The average molecular weight is 208 g/mol. The fourth-order valence-electron chi connectivity index (χ4n) is 2.98. The molecule has 2 aliphatic rings. The third-order valence-corrected chi connectivity index (χ3v) is 4.35. The van der Waals surface area contributed by atoms with Crippen LogP contribution in [0.25, 0.3) is 0 Å². The van der Waals surface area contributed by atoms with E-state index in [9.17, 15) is 0 Å². The van der Waals surface area contributed by atoms with E-state index in [2.05, 4.69) is 27.4 Å². The number of rotatable bonds is 3. The molecule has 2 fully saturated rings. The predicted octanol–water partition coefficient (Wildman–Crippen LogP) is 3.94. The largest absolute Gasteiger partial charge is 0.370 e. The van der Waals surface area contributed by atoms with Gasteiger partial charge in [-0.05, 0) is 50.4 Å². The molecule has 1 nitrogen and oxygen atoms in total. The maximum atomic E-state index is 5.46. The molecule has 0 aromatic rings. The molecule has 0 amide bonds. The molecule has 86 valence electrons. The Kier molecular flexibility index (Phi) is 2.70. The van der Waals surface area contributed by atoms with Crippen molar-refractivity contribution in [3.05, 3.63) is 12.2 Å². The molecule has 0 N–H and O–H groups in total. The Morgan fingerprint density at radius 3 is 2.60 bits per heavy atom. The van der Waals surface area contributed by atoms with Gasteiger partial charge in [0, 0.05) is 0 Å². The number of allylic oxidation sites excluding steroid dienone is 1. The number of hydrogen-bond donors (Lipinski definition) is 0. The molecular weight excluding hydrogens is 184 g/mol. The van der Waals surface area contributed by atoms with Gasteiger partial charge in [0.1, 0.15) is 0 Å². The molecule has 2 rings (SSSR count). The van der Waals surface area contributed by atoms with Crippen LogP contribution in [0.4, 0.5) is 0 Å². The van der Waals surface area contributed by atoms with Crippen molar-refractivity contribution in [1.29, 1.82) is 0 Å². The first-order chi connectivity index (χ1) is 6.93. The molecule has 0 radical (unpaired) electrons. The van der Waals surface area contributed by atoms with Gasteiger partial charge in [0.05, 0.1) is 12.2 Å². The molecule has 2 atom stereocenters. The molecule has 0 aromatic heterocycles. The number of epoxide rings is 1. The summed E-state index contributed by atoms with van der Waals surface area (Å²) in [5.74, 6) is 0.715. The van der Waals surface area contributed by atoms with Crippen LogP contribution < -0.4 is 0 Å². The zero-order valence-corrected chi connectivity index (χ0v) is 10.4. The maximum absolute atomic E-state index is 5.46. The zero-order valence-electron chi connectivity index (χ0n) is 10.4. The molecule has 1 heteroatoms. The van der Waals surface area contributed by atoms with Crippen LogP contribution >= 0.6 is 0 Å². The van der Waals surface area contributed by atoms with Gasteiger partial charge >= 0.3 is 0 Å². The third-order valence-electron chi connectivity index (χ3n) is 4.35. The van der Waals surface area contributed by atoms with Crippen molar-refractivity contribution in [1.82, 2.24) is 0 Å². The van der Waals surface area contributed by atoms with Crippen LogP contribution in [-0.2, 0) is 4.74 Å². The Morgan fingerprint density at radius 1 is 1.40 bits per heavy atom. The molecule has 1 saturated heterocycles. The molecule has 0 aromatic carbocycles. The van der Waals surface area contributed by atoms with E-state index < -0.39 is 0 Å². The summed E-state index contributed by atoms with van der Waals surface area (Å²) in [6.45, 7) is 12.3. The Balaban J connectivity index is 1.94. The number of hydrogen-bond acceptors (Lipinski definition) is 1. The summed E-state index contributed by atoms with van der Waals surface area (Å²) in [6.07, 6.45) is 6.40. The van der Waals surface area contributed by atoms with E-state index in [-0.39, 0.29) is 5.60 Å². The highest BCUT2D eigenvalue weighted by atomic mass is 16.6. The van der Waals surface area contributed by atoms with Crippen molar-refractivity contribution in [2.75, 3.05) is 6.61 Å². The van der Waals surface area contributed by atoms with Gasteiger partial charge < -0.3 is 4.74 Å². The normalized spacial score (nSPS) is 39.1. The van der Waals surface area contributed by atoms with Crippen LogP contribution in [0.5, 0.6) is 0 Å². The van der Waals surface area contributed by atoms with E-state index in [4.69, 9.17) is 4.74 Å². The molecule has 1 saturated carbocycles. The highest BCUT2D eigenvalue weighted by molar-refractivity contribution is 5.10. The van der Waals surface area contributed by atoms with E-state index in [1.165, 1.54) is 37.7 Å². The first-order valence-electron chi connectivity index (χ1n) is 6.25. The van der Waals surface area contributed by atoms with Crippen LogP contribution in [0.1, 0.15) is 52.9 Å². The average Bonchev–Trinajstić information content (AvgIpc) is 2.82. The lowest BCUT2D eigenvalue weighted by molar-refractivity contribution is 0.165. The molecule has 0 bridgehead atoms. The monoisotopic (exact) mass is 208 g/mol. The molecule has 1 aliphatic heterocycles. The lowest BCUT2D eigenvalue weighted by Crippen LogP contribution is -2.30. The van der Waals surface area contributed by atoms with Gasteiger partial charge in [-0.15, -0.1) is 0 Å². The fraction of sp³-hybridized carbons (Fsp3) is 0.857. The van der Waals surface area contributed by atoms with Crippen LogP contribution in [0.3, 0.4) is 0 Å². The van der Waals surface area contributed by atoms with Gasteiger partial charge in [0.2, 0.25) is 0 Å². The lowest BCUT2D eigenvalue weighted by atomic mass is 9.65. The summed E-state index contributed by atoms with van der Waals surface area (Å²) in [5.41, 5.74) is 2.16. The minimum Gasteiger partial charge on any atom is -0.370 e. The Bertz CT molecular complexity index is 261. The molecule has 2 unspecified atom stereocenters. The van der Waals surface area contributed by atoms with Gasteiger partial charge in [0.25, 0.3) is 0 Å². The highest BCUT2D eigenvalue weighted by Crippen LogP contribution is 2.47. The van der Waals surface area contributed by atoms with Gasteiger partial charge in [-0.1, -0.05) is 26.0 Å². The van der Waals surface area contributed by atoms with Crippen molar-refractivity contribution in [2.24, 2.45) is 11.3 Å². The van der Waals surface area contributed by atoms with Crippen LogP contribution in [-0.4, -0.2) is 12.2 Å². The van der Waals surface area contributed by atoms with Crippen molar-refractivity contribution in [3.8, 4) is 0 Å². The quantitative estimate of drug-likeness (QED) is 0.505. The molecule has 1 heterocycles. The predicted molar refractivity (Wildman–Crippen MR) is 63.9 cm³/mol. The van der Waals surface area contributed by atoms with Crippen LogP contribution in [0.2, 0.25) is 0 Å². The zero-order chi connectivity index (χ0) is 11.1. The van der Waals surface area contributed by atoms with E-state index in [0.717, 1.165) is 6.61 Å². The summed E-state index contributed by atoms with van der Waals surface area (Å²) >= 11 is 0. The fourth-order valence-corrected chi connectivity index (χ4v) is 2.98. The molecule has 15 heavy (non-hydrogen) atoms. The summed E-state index contributed by atoms with van der Waals surface area (Å²) < 4.78 is 5.46. The Morgan fingerprint density at radius 2 is 2.07 bits per heavy atom. The van der Waals surface area contributed by atoms with Crippen molar-refractivity contribution in [3.63, 3.8) is 0 Å². The van der Waals surface area contributed by atoms with Crippen molar-refractivity contribution < 1.29 is 4.74 Å². The second-order valence-corrected chi connectivity index (χ2v) is 6.33. The second kappa shape index (κ2) is 3.62. The minimum atomic E-state index is 0.216. The van der Waals surface area contributed by atoms with Gasteiger partial charge in [0.15, 0.2) is 0 Å². The SMILES string of the molecule is C=C1CCCC(C)(C)C1CCC1(C)CO1. The van der Waals surface area contributed by atoms with Crippen LogP contribution in [0.15, 0.2) is 12.2 Å². The molecule has 0 spiro atoms.